The lowest BCUT2D eigenvalue weighted by Crippen LogP contribution is -2.31. The molecule has 39 heavy (non-hydrogen) atoms. The Labute approximate surface area is 224 Å². The first-order chi connectivity index (χ1) is 18.7. The lowest BCUT2D eigenvalue weighted by atomic mass is 9.80. The number of alkyl halides is 3. The lowest BCUT2D eigenvalue weighted by molar-refractivity contribution is -0.137. The van der Waals surface area contributed by atoms with E-state index in [0.717, 1.165) is 36.1 Å². The molecule has 1 aliphatic carbocycles. The standard InChI is InChI=1S/C29H28F3N7/c1-4-17(2)21-12-13-34-23(14-21)28-38-27-25(39(28)16-19-8-10-22(11-9-19)29(30,31)32)26(36-24(15-33)37-27)35-18(3)20-6-5-7-20/h4,8-14,18,20H,5-7,16H2,1-3H3,(H,35,36,37)/b17-4-. The molecule has 3 aromatic heterocycles. The molecule has 1 fully saturated rings. The number of hydrogen-bond donors (Lipinski definition) is 1. The van der Waals surface area contributed by atoms with Crippen molar-refractivity contribution in [2.45, 2.75) is 58.8 Å². The first-order valence-corrected chi connectivity index (χ1v) is 12.9. The van der Waals surface area contributed by atoms with Gasteiger partial charge in [-0.3, -0.25) is 4.98 Å². The maximum Gasteiger partial charge on any atom is 0.416 e. The van der Waals surface area contributed by atoms with E-state index in [0.29, 0.717) is 40.0 Å². The molecule has 5 rings (SSSR count). The number of hydrogen-bond acceptors (Lipinski definition) is 6. The van der Waals surface area contributed by atoms with Gasteiger partial charge in [0.25, 0.3) is 0 Å². The molecule has 1 N–H and O–H groups in total. The number of nitrogens with one attached hydrogen (secondary N) is 1. The number of rotatable bonds is 7. The van der Waals surface area contributed by atoms with E-state index in [2.05, 4.69) is 27.2 Å². The van der Waals surface area contributed by atoms with Crippen LogP contribution in [0.25, 0.3) is 28.3 Å². The molecule has 1 unspecified atom stereocenters. The largest absolute Gasteiger partial charge is 0.416 e. The Balaban J connectivity index is 1.68. The van der Waals surface area contributed by atoms with Crippen molar-refractivity contribution in [1.82, 2.24) is 24.5 Å². The molecule has 0 aliphatic heterocycles. The molecule has 1 atom stereocenters. The van der Waals surface area contributed by atoms with Crippen LogP contribution in [-0.2, 0) is 12.7 Å². The van der Waals surface area contributed by atoms with Gasteiger partial charge in [-0.2, -0.15) is 28.4 Å². The monoisotopic (exact) mass is 531 g/mol. The Bertz CT molecular complexity index is 1580. The van der Waals surface area contributed by atoms with Gasteiger partial charge < -0.3 is 9.88 Å². The molecule has 1 aromatic carbocycles. The molecular weight excluding hydrogens is 503 g/mol. The van der Waals surface area contributed by atoms with E-state index in [1.807, 2.05) is 42.7 Å². The van der Waals surface area contributed by atoms with E-state index in [1.165, 1.54) is 18.6 Å². The van der Waals surface area contributed by atoms with Crippen LogP contribution in [0.5, 0.6) is 0 Å². The molecule has 0 spiro atoms. The molecular formula is C29H28F3N7. The summed E-state index contributed by atoms with van der Waals surface area (Å²) in [5.74, 6) is 1.44. The molecule has 4 aromatic rings. The van der Waals surface area contributed by atoms with Crippen molar-refractivity contribution in [3.63, 3.8) is 0 Å². The van der Waals surface area contributed by atoms with Gasteiger partial charge in [0.1, 0.15) is 17.3 Å². The predicted molar refractivity (Wildman–Crippen MR) is 144 cm³/mol. The first-order valence-electron chi connectivity index (χ1n) is 12.9. The van der Waals surface area contributed by atoms with Crippen LogP contribution in [0.2, 0.25) is 0 Å². The van der Waals surface area contributed by atoms with Gasteiger partial charge in [-0.25, -0.2) is 4.98 Å². The fourth-order valence-electron chi connectivity index (χ4n) is 4.76. The zero-order valence-electron chi connectivity index (χ0n) is 21.9. The average molecular weight is 532 g/mol. The Hall–Kier alpha value is -4.26. The Morgan fingerprint density at radius 2 is 1.92 bits per heavy atom. The summed E-state index contributed by atoms with van der Waals surface area (Å²) < 4.78 is 41.4. The Morgan fingerprint density at radius 1 is 1.18 bits per heavy atom. The van der Waals surface area contributed by atoms with Crippen molar-refractivity contribution in [3.8, 4) is 17.6 Å². The number of halogens is 3. The average Bonchev–Trinajstić information content (AvgIpc) is 3.25. The second-order valence-electron chi connectivity index (χ2n) is 9.92. The number of benzene rings is 1. The highest BCUT2D eigenvalue weighted by atomic mass is 19.4. The molecule has 200 valence electrons. The predicted octanol–water partition coefficient (Wildman–Crippen LogP) is 6.85. The third-order valence-corrected chi connectivity index (χ3v) is 7.42. The number of fused-ring (bicyclic) bond motifs is 1. The van der Waals surface area contributed by atoms with Crippen molar-refractivity contribution >= 4 is 22.6 Å². The van der Waals surface area contributed by atoms with Crippen LogP contribution in [0.15, 0.2) is 48.7 Å². The van der Waals surface area contributed by atoms with Crippen molar-refractivity contribution in [2.75, 3.05) is 5.32 Å². The van der Waals surface area contributed by atoms with Crippen LogP contribution >= 0.6 is 0 Å². The van der Waals surface area contributed by atoms with Crippen LogP contribution in [0, 0.1) is 17.2 Å². The molecule has 0 saturated heterocycles. The summed E-state index contributed by atoms with van der Waals surface area (Å²) in [5, 5.41) is 13.1. The summed E-state index contributed by atoms with van der Waals surface area (Å²) in [6.07, 6.45) is 2.69. The van der Waals surface area contributed by atoms with Gasteiger partial charge in [0.15, 0.2) is 17.3 Å². The molecule has 7 nitrogen and oxygen atoms in total. The second kappa shape index (κ2) is 10.5. The number of pyridine rings is 1. The molecule has 0 amide bonds. The highest BCUT2D eigenvalue weighted by Crippen LogP contribution is 2.34. The number of aromatic nitrogens is 5. The molecule has 0 radical (unpaired) electrons. The van der Waals surface area contributed by atoms with E-state index >= 15 is 0 Å². The third kappa shape index (κ3) is 5.35. The normalized spacial score (nSPS) is 15.2. The zero-order chi connectivity index (χ0) is 27.7. The van der Waals surface area contributed by atoms with Gasteiger partial charge in [-0.1, -0.05) is 24.6 Å². The van der Waals surface area contributed by atoms with Crippen LogP contribution in [0.1, 0.15) is 62.5 Å². The van der Waals surface area contributed by atoms with E-state index in [9.17, 15) is 18.4 Å². The van der Waals surface area contributed by atoms with Crippen LogP contribution in [-0.4, -0.2) is 30.5 Å². The minimum absolute atomic E-state index is 0.0111. The highest BCUT2D eigenvalue weighted by molar-refractivity contribution is 5.87. The summed E-state index contributed by atoms with van der Waals surface area (Å²) in [6.45, 7) is 6.25. The lowest BCUT2D eigenvalue weighted by Gasteiger charge is -2.32. The topological polar surface area (TPSA) is 92.3 Å². The minimum Gasteiger partial charge on any atom is -0.365 e. The molecule has 1 aliphatic rings. The van der Waals surface area contributed by atoms with Gasteiger partial charge in [-0.05, 0) is 80.5 Å². The number of imidazole rings is 1. The van der Waals surface area contributed by atoms with Crippen LogP contribution in [0.4, 0.5) is 19.0 Å². The molecule has 3 heterocycles. The van der Waals surface area contributed by atoms with Gasteiger partial charge in [0.2, 0.25) is 5.82 Å². The Kier molecular flexibility index (Phi) is 7.08. The smallest absolute Gasteiger partial charge is 0.365 e. The fourth-order valence-corrected chi connectivity index (χ4v) is 4.76. The van der Waals surface area contributed by atoms with E-state index in [4.69, 9.17) is 4.98 Å². The quantitative estimate of drug-likeness (QED) is 0.280. The summed E-state index contributed by atoms with van der Waals surface area (Å²) in [6, 6.07) is 11.0. The van der Waals surface area contributed by atoms with E-state index in [-0.39, 0.29) is 18.4 Å². The minimum atomic E-state index is -4.42. The van der Waals surface area contributed by atoms with E-state index in [1.54, 1.807) is 6.20 Å². The second-order valence-corrected chi connectivity index (χ2v) is 9.92. The maximum absolute atomic E-state index is 13.2. The van der Waals surface area contributed by atoms with E-state index < -0.39 is 11.7 Å². The highest BCUT2D eigenvalue weighted by Gasteiger charge is 2.30. The van der Waals surface area contributed by atoms with Crippen molar-refractivity contribution in [3.05, 3.63) is 71.2 Å². The summed E-state index contributed by atoms with van der Waals surface area (Å²) in [7, 11) is 0. The zero-order valence-corrected chi connectivity index (χ0v) is 21.9. The number of anilines is 1. The third-order valence-electron chi connectivity index (χ3n) is 7.42. The van der Waals surface area contributed by atoms with Gasteiger partial charge in [0.05, 0.1) is 5.56 Å². The fraction of sp³-hybridized carbons (Fsp3) is 0.345. The summed E-state index contributed by atoms with van der Waals surface area (Å²) >= 11 is 0. The molecule has 1 saturated carbocycles. The Morgan fingerprint density at radius 3 is 2.54 bits per heavy atom. The maximum atomic E-state index is 13.2. The SMILES string of the molecule is C/C=C(/C)c1ccnc(-c2nc3nc(C#N)nc(NC(C)C4CCC4)c3n2Cc2ccc(C(F)(F)F)cc2)c1. The van der Waals surface area contributed by atoms with Gasteiger partial charge in [-0.15, -0.1) is 0 Å². The van der Waals surface area contributed by atoms with Gasteiger partial charge >= 0.3 is 6.18 Å². The number of nitrogens with zero attached hydrogens (tertiary/aromatic N) is 6. The summed E-state index contributed by atoms with van der Waals surface area (Å²) in [4.78, 5) is 18.2. The molecule has 0 bridgehead atoms. The van der Waals surface area contributed by atoms with Gasteiger partial charge in [0, 0.05) is 18.8 Å². The first kappa shape index (κ1) is 26.4. The summed E-state index contributed by atoms with van der Waals surface area (Å²) in [5.41, 5.74) is 3.44. The van der Waals surface area contributed by atoms with Crippen molar-refractivity contribution in [2.24, 2.45) is 5.92 Å². The van der Waals surface area contributed by atoms with Crippen molar-refractivity contribution in [1.29, 1.82) is 5.26 Å². The molecule has 10 heteroatoms. The number of allylic oxidation sites excluding steroid dienone is 2. The van der Waals surface area contributed by atoms with Crippen molar-refractivity contribution < 1.29 is 13.2 Å². The van der Waals surface area contributed by atoms with Crippen LogP contribution in [0.3, 0.4) is 0 Å². The van der Waals surface area contributed by atoms with Crippen LogP contribution < -0.4 is 5.32 Å². The number of nitriles is 1.